The average Bonchev–Trinajstić information content (AvgIpc) is 2.86. The first-order chi connectivity index (χ1) is 9.78. The van der Waals surface area contributed by atoms with Crippen LogP contribution in [-0.4, -0.2) is 39.2 Å². The molecule has 1 saturated heterocycles. The van der Waals surface area contributed by atoms with E-state index in [1.165, 1.54) is 5.69 Å². The van der Waals surface area contributed by atoms with Gasteiger partial charge in [-0.25, -0.2) is 9.78 Å². The second-order valence-electron chi connectivity index (χ2n) is 7.09. The summed E-state index contributed by atoms with van der Waals surface area (Å²) < 4.78 is 7.68. The van der Waals surface area contributed by atoms with Crippen LogP contribution in [0.1, 0.15) is 65.1 Å². The Kier molecular flexibility index (Phi) is 4.59. The fourth-order valence-electron chi connectivity index (χ4n) is 2.77. The van der Waals surface area contributed by atoms with Crippen LogP contribution < -0.4 is 0 Å². The van der Waals surface area contributed by atoms with Crippen LogP contribution in [0.15, 0.2) is 12.5 Å². The number of imidazole rings is 1. The Bertz CT molecular complexity index is 488. The van der Waals surface area contributed by atoms with E-state index in [9.17, 15) is 4.79 Å². The van der Waals surface area contributed by atoms with E-state index < -0.39 is 5.60 Å². The molecule has 1 amide bonds. The molecule has 1 aromatic rings. The van der Waals surface area contributed by atoms with Gasteiger partial charge in [-0.2, -0.15) is 0 Å². The monoisotopic (exact) mass is 293 g/mol. The highest BCUT2D eigenvalue weighted by atomic mass is 16.6. The molecule has 0 saturated carbocycles. The third-order valence-electron chi connectivity index (χ3n) is 3.74. The number of rotatable bonds is 2. The van der Waals surface area contributed by atoms with Gasteiger partial charge in [-0.3, -0.25) is 0 Å². The lowest BCUT2D eigenvalue weighted by atomic mass is 9.95. The van der Waals surface area contributed by atoms with Gasteiger partial charge in [0.2, 0.25) is 0 Å². The summed E-state index contributed by atoms with van der Waals surface area (Å²) in [5.74, 6) is 0.344. The van der Waals surface area contributed by atoms with Crippen molar-refractivity contribution in [2.75, 3.05) is 13.1 Å². The van der Waals surface area contributed by atoms with Gasteiger partial charge in [0.1, 0.15) is 5.60 Å². The molecule has 0 radical (unpaired) electrons. The van der Waals surface area contributed by atoms with Crippen LogP contribution in [0.3, 0.4) is 0 Å². The highest BCUT2D eigenvalue weighted by Gasteiger charge is 2.29. The number of amides is 1. The van der Waals surface area contributed by atoms with E-state index in [2.05, 4.69) is 23.4 Å². The highest BCUT2D eigenvalue weighted by Crippen LogP contribution is 2.29. The maximum Gasteiger partial charge on any atom is 0.410 e. The minimum Gasteiger partial charge on any atom is -0.444 e. The first kappa shape index (κ1) is 15.9. The van der Waals surface area contributed by atoms with E-state index in [0.717, 1.165) is 19.4 Å². The van der Waals surface area contributed by atoms with Crippen molar-refractivity contribution in [2.45, 2.75) is 65.0 Å². The molecule has 1 atom stereocenters. The normalized spacial score (nSPS) is 19.9. The molecular weight excluding hydrogens is 266 g/mol. The maximum absolute atomic E-state index is 12.2. The fourth-order valence-corrected chi connectivity index (χ4v) is 2.77. The minimum absolute atomic E-state index is 0.206. The van der Waals surface area contributed by atoms with Crippen molar-refractivity contribution >= 4 is 6.09 Å². The van der Waals surface area contributed by atoms with Crippen molar-refractivity contribution in [1.82, 2.24) is 14.5 Å². The van der Waals surface area contributed by atoms with Crippen LogP contribution >= 0.6 is 0 Å². The first-order valence-electron chi connectivity index (χ1n) is 7.77. The number of nitrogens with zero attached hydrogens (tertiary/aromatic N) is 3. The number of carbonyl (C=O) groups is 1. The molecule has 5 heteroatoms. The topological polar surface area (TPSA) is 47.4 Å². The Morgan fingerprint density at radius 3 is 2.76 bits per heavy atom. The molecule has 2 rings (SSSR count). The number of ether oxygens (including phenoxy) is 1. The summed E-state index contributed by atoms with van der Waals surface area (Å²) in [6.45, 7) is 11.5. The van der Waals surface area contributed by atoms with Crippen LogP contribution in [0.2, 0.25) is 0 Å². The SMILES string of the molecule is CC(C)n1cncc1C1CCCN(C(=O)OC(C)(C)C)C1. The molecule has 0 bridgehead atoms. The third kappa shape index (κ3) is 3.99. The molecule has 1 aromatic heterocycles. The highest BCUT2D eigenvalue weighted by molar-refractivity contribution is 5.68. The van der Waals surface area contributed by atoms with E-state index in [1.807, 2.05) is 38.2 Å². The van der Waals surface area contributed by atoms with Crippen LogP contribution in [0.4, 0.5) is 4.79 Å². The van der Waals surface area contributed by atoms with E-state index in [1.54, 1.807) is 0 Å². The Labute approximate surface area is 127 Å². The zero-order chi connectivity index (χ0) is 15.6. The molecule has 1 aliphatic rings. The van der Waals surface area contributed by atoms with Crippen LogP contribution in [0.25, 0.3) is 0 Å². The number of hydrogen-bond acceptors (Lipinski definition) is 3. The summed E-state index contributed by atoms with van der Waals surface area (Å²) >= 11 is 0. The Hall–Kier alpha value is -1.52. The molecule has 0 aliphatic carbocycles. The molecule has 118 valence electrons. The standard InChI is InChI=1S/C16H27N3O2/c1-12(2)19-11-17-9-14(19)13-7-6-8-18(10-13)15(20)21-16(3,4)5/h9,11-13H,6-8,10H2,1-5H3. The van der Waals surface area contributed by atoms with E-state index in [0.29, 0.717) is 18.5 Å². The summed E-state index contributed by atoms with van der Waals surface area (Å²) in [6.07, 6.45) is 5.71. The summed E-state index contributed by atoms with van der Waals surface area (Å²) in [4.78, 5) is 18.3. The van der Waals surface area contributed by atoms with Gasteiger partial charge in [0.15, 0.2) is 0 Å². The molecule has 21 heavy (non-hydrogen) atoms. The second kappa shape index (κ2) is 6.08. The van der Waals surface area contributed by atoms with Crippen LogP contribution in [0, 0.1) is 0 Å². The number of aromatic nitrogens is 2. The third-order valence-corrected chi connectivity index (χ3v) is 3.74. The smallest absolute Gasteiger partial charge is 0.410 e. The van der Waals surface area contributed by atoms with Gasteiger partial charge >= 0.3 is 6.09 Å². The summed E-state index contributed by atoms with van der Waals surface area (Å²) in [5, 5.41) is 0. The average molecular weight is 293 g/mol. The molecule has 0 spiro atoms. The van der Waals surface area contributed by atoms with Gasteiger partial charge in [0.25, 0.3) is 0 Å². The van der Waals surface area contributed by atoms with Crippen molar-refractivity contribution in [3.63, 3.8) is 0 Å². The van der Waals surface area contributed by atoms with Crippen molar-refractivity contribution in [3.8, 4) is 0 Å². The minimum atomic E-state index is -0.441. The lowest BCUT2D eigenvalue weighted by Crippen LogP contribution is -2.42. The molecule has 2 heterocycles. The lowest BCUT2D eigenvalue weighted by molar-refractivity contribution is 0.0196. The number of piperidine rings is 1. The van der Waals surface area contributed by atoms with Crippen molar-refractivity contribution in [2.24, 2.45) is 0 Å². The lowest BCUT2D eigenvalue weighted by Gasteiger charge is -2.34. The Morgan fingerprint density at radius 2 is 2.14 bits per heavy atom. The zero-order valence-electron chi connectivity index (χ0n) is 13.8. The van der Waals surface area contributed by atoms with Gasteiger partial charge < -0.3 is 14.2 Å². The van der Waals surface area contributed by atoms with Crippen LogP contribution in [0.5, 0.6) is 0 Å². The van der Waals surface area contributed by atoms with E-state index >= 15 is 0 Å². The van der Waals surface area contributed by atoms with Gasteiger partial charge in [0.05, 0.1) is 6.33 Å². The van der Waals surface area contributed by atoms with Gasteiger partial charge in [-0.15, -0.1) is 0 Å². The Balaban J connectivity index is 2.07. The Morgan fingerprint density at radius 1 is 1.43 bits per heavy atom. The molecule has 0 aromatic carbocycles. The van der Waals surface area contributed by atoms with Crippen molar-refractivity contribution in [3.05, 3.63) is 18.2 Å². The quantitative estimate of drug-likeness (QED) is 0.837. The molecule has 1 aliphatic heterocycles. The molecule has 0 N–H and O–H groups in total. The first-order valence-corrected chi connectivity index (χ1v) is 7.77. The van der Waals surface area contributed by atoms with Gasteiger partial charge in [0, 0.05) is 36.9 Å². The molecular formula is C16H27N3O2. The fraction of sp³-hybridized carbons (Fsp3) is 0.750. The molecule has 5 nitrogen and oxygen atoms in total. The predicted octanol–water partition coefficient (Wildman–Crippen LogP) is 3.58. The molecule has 1 unspecified atom stereocenters. The zero-order valence-corrected chi connectivity index (χ0v) is 13.8. The van der Waals surface area contributed by atoms with Gasteiger partial charge in [-0.1, -0.05) is 0 Å². The van der Waals surface area contributed by atoms with Crippen molar-refractivity contribution < 1.29 is 9.53 Å². The summed E-state index contributed by atoms with van der Waals surface area (Å²) in [5.41, 5.74) is 0.780. The summed E-state index contributed by atoms with van der Waals surface area (Å²) in [7, 11) is 0. The number of hydrogen-bond donors (Lipinski definition) is 0. The molecule has 1 fully saturated rings. The van der Waals surface area contributed by atoms with E-state index in [-0.39, 0.29) is 6.09 Å². The van der Waals surface area contributed by atoms with E-state index in [4.69, 9.17) is 4.74 Å². The largest absolute Gasteiger partial charge is 0.444 e. The second-order valence-corrected chi connectivity index (χ2v) is 7.09. The number of carbonyl (C=O) groups excluding carboxylic acids is 1. The predicted molar refractivity (Wildman–Crippen MR) is 82.4 cm³/mol. The van der Waals surface area contributed by atoms with Gasteiger partial charge in [-0.05, 0) is 47.5 Å². The summed E-state index contributed by atoms with van der Waals surface area (Å²) in [6, 6.07) is 0.388. The van der Waals surface area contributed by atoms with Crippen molar-refractivity contribution in [1.29, 1.82) is 0 Å². The van der Waals surface area contributed by atoms with Crippen LogP contribution in [-0.2, 0) is 4.74 Å². The number of likely N-dealkylation sites (tertiary alicyclic amines) is 1. The maximum atomic E-state index is 12.2.